The van der Waals surface area contributed by atoms with Crippen molar-refractivity contribution in [3.05, 3.63) is 22.6 Å². The SMILES string of the molecule is CN1CCN(c2cnn(CCCCl)c(=O)c2)CC1. The van der Waals surface area contributed by atoms with Gasteiger partial charge >= 0.3 is 0 Å². The van der Waals surface area contributed by atoms with Crippen LogP contribution in [0.2, 0.25) is 0 Å². The molecule has 0 aromatic carbocycles. The van der Waals surface area contributed by atoms with E-state index in [1.54, 1.807) is 12.3 Å². The number of halogens is 1. The number of aryl methyl sites for hydroxylation is 1. The number of anilines is 1. The zero-order chi connectivity index (χ0) is 13.0. The quantitative estimate of drug-likeness (QED) is 0.753. The van der Waals surface area contributed by atoms with Crippen LogP contribution in [0.4, 0.5) is 5.69 Å². The maximum absolute atomic E-state index is 11.9. The maximum atomic E-state index is 11.9. The molecule has 5 nitrogen and oxygen atoms in total. The number of piperazine rings is 1. The van der Waals surface area contributed by atoms with Gasteiger partial charge in [-0.15, -0.1) is 11.6 Å². The molecule has 100 valence electrons. The molecule has 0 unspecified atom stereocenters. The van der Waals surface area contributed by atoms with Crippen LogP contribution in [0.3, 0.4) is 0 Å². The van der Waals surface area contributed by atoms with E-state index < -0.39 is 0 Å². The Balaban J connectivity index is 2.06. The van der Waals surface area contributed by atoms with Crippen LogP contribution in [0, 0.1) is 0 Å². The molecule has 0 radical (unpaired) electrons. The fourth-order valence-electron chi connectivity index (χ4n) is 2.04. The fraction of sp³-hybridized carbons (Fsp3) is 0.667. The molecule has 0 amide bonds. The van der Waals surface area contributed by atoms with E-state index in [1.807, 2.05) is 0 Å². The predicted octanol–water partition coefficient (Wildman–Crippen LogP) is 0.624. The molecular weight excluding hydrogens is 252 g/mol. The Kier molecular flexibility index (Phi) is 4.60. The summed E-state index contributed by atoms with van der Waals surface area (Å²) < 4.78 is 1.47. The van der Waals surface area contributed by atoms with Gasteiger partial charge in [0, 0.05) is 44.7 Å². The third-order valence-electron chi connectivity index (χ3n) is 3.23. The standard InChI is InChI=1S/C12H19ClN4O/c1-15-5-7-16(8-6-15)11-9-12(18)17(14-10-11)4-2-3-13/h9-10H,2-8H2,1H3. The van der Waals surface area contributed by atoms with E-state index in [-0.39, 0.29) is 5.56 Å². The molecule has 1 saturated heterocycles. The lowest BCUT2D eigenvalue weighted by molar-refractivity contribution is 0.312. The number of hydrogen-bond acceptors (Lipinski definition) is 4. The lowest BCUT2D eigenvalue weighted by atomic mass is 10.3. The monoisotopic (exact) mass is 270 g/mol. The van der Waals surface area contributed by atoms with E-state index in [0.29, 0.717) is 12.4 Å². The molecule has 2 rings (SSSR count). The van der Waals surface area contributed by atoms with Crippen LogP contribution >= 0.6 is 11.6 Å². The topological polar surface area (TPSA) is 41.4 Å². The first-order valence-electron chi connectivity index (χ1n) is 6.27. The highest BCUT2D eigenvalue weighted by Crippen LogP contribution is 2.12. The van der Waals surface area contributed by atoms with Crippen LogP contribution < -0.4 is 10.5 Å². The first-order chi connectivity index (χ1) is 8.70. The van der Waals surface area contributed by atoms with Crippen molar-refractivity contribution >= 4 is 17.3 Å². The van der Waals surface area contributed by atoms with Crippen molar-refractivity contribution in [3.63, 3.8) is 0 Å². The maximum Gasteiger partial charge on any atom is 0.268 e. The van der Waals surface area contributed by atoms with Crippen molar-refractivity contribution in [2.45, 2.75) is 13.0 Å². The highest BCUT2D eigenvalue weighted by Gasteiger charge is 2.15. The first-order valence-corrected chi connectivity index (χ1v) is 6.81. The molecule has 2 heterocycles. The molecule has 1 aromatic rings. The predicted molar refractivity (Wildman–Crippen MR) is 73.5 cm³/mol. The fourth-order valence-corrected chi connectivity index (χ4v) is 2.16. The van der Waals surface area contributed by atoms with Gasteiger partial charge in [-0.25, -0.2) is 4.68 Å². The van der Waals surface area contributed by atoms with Crippen LogP contribution in [-0.2, 0) is 6.54 Å². The van der Waals surface area contributed by atoms with Crippen LogP contribution in [0.1, 0.15) is 6.42 Å². The van der Waals surface area contributed by atoms with Gasteiger partial charge in [0.05, 0.1) is 11.9 Å². The van der Waals surface area contributed by atoms with Crippen molar-refractivity contribution in [1.29, 1.82) is 0 Å². The minimum atomic E-state index is -0.0449. The second-order valence-electron chi connectivity index (χ2n) is 4.61. The molecule has 1 aliphatic heterocycles. The van der Waals surface area contributed by atoms with Crippen molar-refractivity contribution in [1.82, 2.24) is 14.7 Å². The number of nitrogens with zero attached hydrogens (tertiary/aromatic N) is 4. The van der Waals surface area contributed by atoms with Crippen molar-refractivity contribution in [2.24, 2.45) is 0 Å². The molecule has 0 saturated carbocycles. The Labute approximate surface area is 112 Å². The molecule has 1 aliphatic rings. The molecule has 6 heteroatoms. The average Bonchev–Trinajstić information content (AvgIpc) is 2.38. The lowest BCUT2D eigenvalue weighted by Crippen LogP contribution is -2.45. The molecule has 0 spiro atoms. The Hall–Kier alpha value is -1.07. The van der Waals surface area contributed by atoms with Gasteiger partial charge in [-0.3, -0.25) is 4.79 Å². The van der Waals surface area contributed by atoms with Crippen LogP contribution in [0.15, 0.2) is 17.1 Å². The minimum absolute atomic E-state index is 0.0449. The van der Waals surface area contributed by atoms with Crippen LogP contribution in [0.25, 0.3) is 0 Å². The third kappa shape index (κ3) is 3.23. The Bertz CT molecular complexity index is 440. The highest BCUT2D eigenvalue weighted by molar-refractivity contribution is 6.17. The van der Waals surface area contributed by atoms with Gasteiger partial charge < -0.3 is 9.80 Å². The molecule has 1 fully saturated rings. The molecule has 18 heavy (non-hydrogen) atoms. The number of likely N-dealkylation sites (N-methyl/N-ethyl adjacent to an activating group) is 1. The Morgan fingerprint density at radius 1 is 1.33 bits per heavy atom. The summed E-state index contributed by atoms with van der Waals surface area (Å²) >= 11 is 5.61. The van der Waals surface area contributed by atoms with E-state index in [2.05, 4.69) is 21.9 Å². The van der Waals surface area contributed by atoms with Crippen molar-refractivity contribution < 1.29 is 0 Å². The minimum Gasteiger partial charge on any atom is -0.368 e. The summed E-state index contributed by atoms with van der Waals surface area (Å²) in [5.74, 6) is 0.550. The van der Waals surface area contributed by atoms with Gasteiger partial charge in [0.2, 0.25) is 0 Å². The Morgan fingerprint density at radius 3 is 2.67 bits per heavy atom. The first kappa shape index (κ1) is 13.4. The molecule has 0 N–H and O–H groups in total. The average molecular weight is 271 g/mol. The van der Waals surface area contributed by atoms with E-state index in [0.717, 1.165) is 38.3 Å². The second-order valence-corrected chi connectivity index (χ2v) is 4.99. The lowest BCUT2D eigenvalue weighted by Gasteiger charge is -2.33. The highest BCUT2D eigenvalue weighted by atomic mass is 35.5. The summed E-state index contributed by atoms with van der Waals surface area (Å²) in [6.45, 7) is 4.53. The van der Waals surface area contributed by atoms with E-state index in [4.69, 9.17) is 11.6 Å². The van der Waals surface area contributed by atoms with Gasteiger partial charge in [0.1, 0.15) is 0 Å². The van der Waals surface area contributed by atoms with Gasteiger partial charge in [-0.2, -0.15) is 5.10 Å². The van der Waals surface area contributed by atoms with Crippen molar-refractivity contribution in [3.8, 4) is 0 Å². The van der Waals surface area contributed by atoms with E-state index in [9.17, 15) is 4.79 Å². The number of aromatic nitrogens is 2. The number of rotatable bonds is 4. The van der Waals surface area contributed by atoms with Gasteiger partial charge in [0.15, 0.2) is 0 Å². The van der Waals surface area contributed by atoms with Crippen LogP contribution in [-0.4, -0.2) is 53.8 Å². The van der Waals surface area contributed by atoms with E-state index in [1.165, 1.54) is 4.68 Å². The molecule has 0 aliphatic carbocycles. The number of alkyl halides is 1. The van der Waals surface area contributed by atoms with E-state index >= 15 is 0 Å². The summed E-state index contributed by atoms with van der Waals surface area (Å²) in [5.41, 5.74) is 0.881. The largest absolute Gasteiger partial charge is 0.368 e. The molecule has 0 atom stereocenters. The molecule has 1 aromatic heterocycles. The smallest absolute Gasteiger partial charge is 0.268 e. The summed E-state index contributed by atoms with van der Waals surface area (Å²) in [5, 5.41) is 4.20. The van der Waals surface area contributed by atoms with Crippen LogP contribution in [0.5, 0.6) is 0 Å². The third-order valence-corrected chi connectivity index (χ3v) is 3.49. The molecule has 0 bridgehead atoms. The van der Waals surface area contributed by atoms with Gasteiger partial charge in [-0.05, 0) is 13.5 Å². The summed E-state index contributed by atoms with van der Waals surface area (Å²) in [6.07, 6.45) is 2.54. The normalized spacial score (nSPS) is 17.1. The summed E-state index contributed by atoms with van der Waals surface area (Å²) in [7, 11) is 2.11. The zero-order valence-electron chi connectivity index (χ0n) is 10.7. The summed E-state index contributed by atoms with van der Waals surface area (Å²) in [4.78, 5) is 16.4. The van der Waals surface area contributed by atoms with Crippen molar-refractivity contribution in [2.75, 3.05) is 44.0 Å². The Morgan fingerprint density at radius 2 is 2.06 bits per heavy atom. The summed E-state index contributed by atoms with van der Waals surface area (Å²) in [6, 6.07) is 1.67. The van der Waals surface area contributed by atoms with Gasteiger partial charge in [0.25, 0.3) is 5.56 Å². The number of hydrogen-bond donors (Lipinski definition) is 0. The zero-order valence-corrected chi connectivity index (χ0v) is 11.4. The molecular formula is C12H19ClN4O. The van der Waals surface area contributed by atoms with Gasteiger partial charge in [-0.1, -0.05) is 0 Å². The second kappa shape index (κ2) is 6.20.